The van der Waals surface area contributed by atoms with Gasteiger partial charge in [0.05, 0.1) is 32.5 Å². The van der Waals surface area contributed by atoms with Crippen molar-refractivity contribution in [1.82, 2.24) is 0 Å². The van der Waals surface area contributed by atoms with Crippen molar-refractivity contribution >= 4 is 24.0 Å². The highest BCUT2D eigenvalue weighted by molar-refractivity contribution is 5.91. The summed E-state index contributed by atoms with van der Waals surface area (Å²) in [6.45, 7) is 6.36. The van der Waals surface area contributed by atoms with E-state index in [1.165, 1.54) is 20.3 Å². The molecule has 2 aromatic carbocycles. The molecule has 0 fully saturated rings. The first-order valence-electron chi connectivity index (χ1n) is 11.6. The summed E-state index contributed by atoms with van der Waals surface area (Å²) >= 11 is 0. The van der Waals surface area contributed by atoms with Gasteiger partial charge in [-0.2, -0.15) is 0 Å². The fourth-order valence-corrected chi connectivity index (χ4v) is 2.84. The second-order valence-electron chi connectivity index (χ2n) is 7.79. The molecule has 0 saturated heterocycles. The maximum absolute atomic E-state index is 12.6. The monoisotopic (exact) mass is 512 g/mol. The molecule has 0 aliphatic heterocycles. The number of esters is 3. The summed E-state index contributed by atoms with van der Waals surface area (Å²) in [5.41, 5.74) is 1.37. The SMILES string of the molecule is C=C(C)C(=O)OCCCCOc1ccc(C(=O)Oc2ccc(/C=C/C(=O)OCCOC)cc2OC)cc1. The first-order chi connectivity index (χ1) is 17.8. The van der Waals surface area contributed by atoms with Crippen LogP contribution in [-0.4, -0.2) is 58.6 Å². The lowest BCUT2D eigenvalue weighted by atomic mass is 10.2. The molecule has 0 aliphatic carbocycles. The van der Waals surface area contributed by atoms with E-state index in [-0.39, 0.29) is 12.4 Å². The lowest BCUT2D eigenvalue weighted by molar-refractivity contribution is -0.139. The Labute approximate surface area is 216 Å². The average molecular weight is 513 g/mol. The van der Waals surface area contributed by atoms with Crippen LogP contribution in [0.15, 0.2) is 60.7 Å². The van der Waals surface area contributed by atoms with Crippen molar-refractivity contribution in [2.24, 2.45) is 0 Å². The Kier molecular flexibility index (Phi) is 12.4. The van der Waals surface area contributed by atoms with Crippen LogP contribution in [0.2, 0.25) is 0 Å². The Morgan fingerprint density at radius 3 is 2.27 bits per heavy atom. The summed E-state index contributed by atoms with van der Waals surface area (Å²) in [6, 6.07) is 11.5. The van der Waals surface area contributed by atoms with E-state index in [9.17, 15) is 14.4 Å². The van der Waals surface area contributed by atoms with Gasteiger partial charge in [0.15, 0.2) is 11.5 Å². The minimum absolute atomic E-state index is 0.166. The van der Waals surface area contributed by atoms with Gasteiger partial charge in [-0.05, 0) is 67.8 Å². The van der Waals surface area contributed by atoms with Gasteiger partial charge in [0.25, 0.3) is 0 Å². The molecule has 0 aliphatic rings. The molecular weight excluding hydrogens is 480 g/mol. The number of methoxy groups -OCH3 is 2. The summed E-state index contributed by atoms with van der Waals surface area (Å²) in [5, 5.41) is 0. The van der Waals surface area contributed by atoms with Crippen molar-refractivity contribution in [3.63, 3.8) is 0 Å². The molecule has 37 heavy (non-hydrogen) atoms. The van der Waals surface area contributed by atoms with E-state index in [1.807, 2.05) is 0 Å². The molecule has 0 saturated carbocycles. The van der Waals surface area contributed by atoms with E-state index in [0.29, 0.717) is 60.9 Å². The predicted octanol–water partition coefficient (Wildman–Crippen LogP) is 4.40. The summed E-state index contributed by atoms with van der Waals surface area (Å²) in [6.07, 6.45) is 4.22. The molecule has 0 aromatic heterocycles. The van der Waals surface area contributed by atoms with Crippen LogP contribution >= 0.6 is 0 Å². The normalized spacial score (nSPS) is 10.6. The summed E-state index contributed by atoms with van der Waals surface area (Å²) in [7, 11) is 2.97. The third-order valence-corrected chi connectivity index (χ3v) is 4.81. The molecule has 0 atom stereocenters. The lowest BCUT2D eigenvalue weighted by Crippen LogP contribution is -2.09. The Bertz CT molecular complexity index is 1090. The molecule has 0 heterocycles. The first-order valence-corrected chi connectivity index (χ1v) is 11.6. The Balaban J connectivity index is 1.85. The van der Waals surface area contributed by atoms with E-state index in [4.69, 9.17) is 28.4 Å². The van der Waals surface area contributed by atoms with Crippen molar-refractivity contribution in [3.8, 4) is 17.2 Å². The quantitative estimate of drug-likeness (QED) is 0.149. The predicted molar refractivity (Wildman–Crippen MR) is 137 cm³/mol. The van der Waals surface area contributed by atoms with Crippen LogP contribution in [0.4, 0.5) is 0 Å². The zero-order valence-electron chi connectivity index (χ0n) is 21.3. The largest absolute Gasteiger partial charge is 0.494 e. The number of hydrogen-bond donors (Lipinski definition) is 0. The minimum atomic E-state index is -0.561. The van der Waals surface area contributed by atoms with E-state index >= 15 is 0 Å². The van der Waals surface area contributed by atoms with Crippen LogP contribution in [0, 0.1) is 0 Å². The average Bonchev–Trinajstić information content (AvgIpc) is 2.90. The molecule has 2 aromatic rings. The standard InChI is InChI=1S/C28H32O9/c1-20(2)27(30)36-16-6-5-15-34-23-11-9-22(10-12-23)28(31)37-24-13-7-21(19-25(24)33-4)8-14-26(29)35-18-17-32-3/h7-14,19H,1,5-6,15-18H2,2-4H3/b14-8+. The fraction of sp³-hybridized carbons (Fsp3) is 0.321. The molecule has 2 rings (SSSR count). The summed E-state index contributed by atoms with van der Waals surface area (Å²) in [4.78, 5) is 35.6. The topological polar surface area (TPSA) is 107 Å². The highest BCUT2D eigenvalue weighted by Crippen LogP contribution is 2.29. The van der Waals surface area contributed by atoms with Crippen LogP contribution in [0.3, 0.4) is 0 Å². The van der Waals surface area contributed by atoms with Crippen LogP contribution in [0.5, 0.6) is 17.2 Å². The third-order valence-electron chi connectivity index (χ3n) is 4.81. The minimum Gasteiger partial charge on any atom is -0.494 e. The molecule has 0 spiro atoms. The Morgan fingerprint density at radius 2 is 1.59 bits per heavy atom. The zero-order chi connectivity index (χ0) is 27.0. The molecule has 0 N–H and O–H groups in total. The van der Waals surface area contributed by atoms with Gasteiger partial charge in [0.1, 0.15) is 12.4 Å². The number of carbonyl (C=O) groups is 3. The van der Waals surface area contributed by atoms with Gasteiger partial charge in [-0.1, -0.05) is 12.6 Å². The van der Waals surface area contributed by atoms with Crippen molar-refractivity contribution in [2.75, 3.05) is 40.6 Å². The maximum Gasteiger partial charge on any atom is 0.343 e. The molecule has 9 heteroatoms. The molecule has 0 amide bonds. The summed E-state index contributed by atoms with van der Waals surface area (Å²) in [5.74, 6) is -0.288. The van der Waals surface area contributed by atoms with E-state index < -0.39 is 17.9 Å². The molecule has 0 radical (unpaired) electrons. The van der Waals surface area contributed by atoms with Crippen LogP contribution in [0.1, 0.15) is 35.7 Å². The van der Waals surface area contributed by atoms with Crippen molar-refractivity contribution in [3.05, 3.63) is 71.8 Å². The van der Waals surface area contributed by atoms with Gasteiger partial charge >= 0.3 is 17.9 Å². The van der Waals surface area contributed by atoms with Crippen molar-refractivity contribution in [2.45, 2.75) is 19.8 Å². The van der Waals surface area contributed by atoms with E-state index in [1.54, 1.807) is 55.5 Å². The Hall–Kier alpha value is -4.11. The highest BCUT2D eigenvalue weighted by Gasteiger charge is 2.13. The Morgan fingerprint density at radius 1 is 0.865 bits per heavy atom. The zero-order valence-corrected chi connectivity index (χ0v) is 21.3. The van der Waals surface area contributed by atoms with Gasteiger partial charge in [0.2, 0.25) is 0 Å². The smallest absolute Gasteiger partial charge is 0.343 e. The van der Waals surface area contributed by atoms with E-state index in [0.717, 1.165) is 0 Å². The number of carbonyl (C=O) groups excluding carboxylic acids is 3. The number of unbranched alkanes of at least 4 members (excludes halogenated alkanes) is 1. The first kappa shape index (κ1) is 29.1. The number of ether oxygens (including phenoxy) is 6. The number of hydrogen-bond acceptors (Lipinski definition) is 9. The van der Waals surface area contributed by atoms with E-state index in [2.05, 4.69) is 6.58 Å². The van der Waals surface area contributed by atoms with Gasteiger partial charge in [-0.25, -0.2) is 14.4 Å². The van der Waals surface area contributed by atoms with Crippen molar-refractivity contribution in [1.29, 1.82) is 0 Å². The molecule has 0 bridgehead atoms. The van der Waals surface area contributed by atoms with Crippen molar-refractivity contribution < 1.29 is 42.8 Å². The van der Waals surface area contributed by atoms with Gasteiger partial charge in [-0.15, -0.1) is 0 Å². The molecule has 0 unspecified atom stereocenters. The lowest BCUT2D eigenvalue weighted by Gasteiger charge is -2.11. The summed E-state index contributed by atoms with van der Waals surface area (Å²) < 4.78 is 31.3. The molecular formula is C28H32O9. The number of benzene rings is 2. The van der Waals surface area contributed by atoms with Gasteiger partial charge < -0.3 is 28.4 Å². The van der Waals surface area contributed by atoms with Crippen LogP contribution < -0.4 is 14.2 Å². The van der Waals surface area contributed by atoms with Crippen LogP contribution in [-0.2, 0) is 23.8 Å². The maximum atomic E-state index is 12.6. The second-order valence-corrected chi connectivity index (χ2v) is 7.79. The highest BCUT2D eigenvalue weighted by atomic mass is 16.6. The third kappa shape index (κ3) is 10.6. The molecule has 198 valence electrons. The second kappa shape index (κ2) is 15.8. The van der Waals surface area contributed by atoms with Crippen LogP contribution in [0.25, 0.3) is 6.08 Å². The van der Waals surface area contributed by atoms with Gasteiger partial charge in [-0.3, -0.25) is 0 Å². The molecule has 9 nitrogen and oxygen atoms in total. The number of rotatable bonds is 15. The fourth-order valence-electron chi connectivity index (χ4n) is 2.84. The van der Waals surface area contributed by atoms with Gasteiger partial charge in [0, 0.05) is 18.8 Å².